The summed E-state index contributed by atoms with van der Waals surface area (Å²) in [5, 5.41) is 3.86. The molecule has 0 unspecified atom stereocenters. The first-order valence-corrected chi connectivity index (χ1v) is 13.1. The van der Waals surface area contributed by atoms with Gasteiger partial charge in [-0.3, -0.25) is 9.59 Å². The summed E-state index contributed by atoms with van der Waals surface area (Å²) >= 11 is 12.4. The van der Waals surface area contributed by atoms with Gasteiger partial charge < -0.3 is 19.9 Å². The average Bonchev–Trinajstić information content (AvgIpc) is 3.41. The fourth-order valence-electron chi connectivity index (χ4n) is 5.04. The number of amides is 3. The van der Waals surface area contributed by atoms with Crippen LogP contribution < -0.4 is 5.32 Å². The summed E-state index contributed by atoms with van der Waals surface area (Å²) in [5.74, 6) is 0.0395. The number of likely N-dealkylation sites (tertiary alicyclic amines) is 2. The van der Waals surface area contributed by atoms with Gasteiger partial charge in [0.15, 0.2) is 0 Å². The van der Waals surface area contributed by atoms with Crippen molar-refractivity contribution in [2.24, 2.45) is 11.3 Å². The number of halogens is 2. The van der Waals surface area contributed by atoms with Crippen molar-refractivity contribution < 1.29 is 19.1 Å². The smallest absolute Gasteiger partial charge is 0.407 e. The van der Waals surface area contributed by atoms with Crippen LogP contribution in [0.15, 0.2) is 18.2 Å². The lowest BCUT2D eigenvalue weighted by molar-refractivity contribution is -0.142. The Morgan fingerprint density at radius 1 is 1.03 bits per heavy atom. The fourth-order valence-corrected chi connectivity index (χ4v) is 5.35. The van der Waals surface area contributed by atoms with Gasteiger partial charge in [0.1, 0.15) is 5.60 Å². The molecular formula is C26H35Cl2N3O4. The van der Waals surface area contributed by atoms with E-state index in [4.69, 9.17) is 27.9 Å². The first-order chi connectivity index (χ1) is 16.4. The minimum Gasteiger partial charge on any atom is -0.444 e. The van der Waals surface area contributed by atoms with Gasteiger partial charge in [-0.15, -0.1) is 0 Å². The number of carbonyl (C=O) groups excluding carboxylic acids is 3. The van der Waals surface area contributed by atoms with Crippen molar-refractivity contribution in [3.63, 3.8) is 0 Å². The zero-order chi connectivity index (χ0) is 25.5. The fraction of sp³-hybridized carbons (Fsp3) is 0.654. The number of benzene rings is 1. The summed E-state index contributed by atoms with van der Waals surface area (Å²) in [4.78, 5) is 42.5. The highest BCUT2D eigenvalue weighted by molar-refractivity contribution is 6.42. The topological polar surface area (TPSA) is 79.0 Å². The van der Waals surface area contributed by atoms with Gasteiger partial charge in [0, 0.05) is 43.4 Å². The summed E-state index contributed by atoms with van der Waals surface area (Å²) in [6.45, 7) is 9.56. The van der Waals surface area contributed by atoms with Gasteiger partial charge in [-0.2, -0.15) is 0 Å². The van der Waals surface area contributed by atoms with Crippen molar-refractivity contribution in [1.82, 2.24) is 15.1 Å². The molecule has 2 saturated heterocycles. The number of carbonyl (C=O) groups is 3. The number of piperidine rings is 1. The van der Waals surface area contributed by atoms with Crippen molar-refractivity contribution >= 4 is 41.1 Å². The molecule has 3 amide bonds. The van der Waals surface area contributed by atoms with E-state index < -0.39 is 11.7 Å². The van der Waals surface area contributed by atoms with E-state index in [-0.39, 0.29) is 35.1 Å². The molecule has 192 valence electrons. The van der Waals surface area contributed by atoms with Gasteiger partial charge in [0.25, 0.3) is 0 Å². The molecule has 1 aromatic carbocycles. The molecule has 0 radical (unpaired) electrons. The minimum absolute atomic E-state index is 0.0771. The zero-order valence-corrected chi connectivity index (χ0v) is 22.4. The molecular weight excluding hydrogens is 489 g/mol. The lowest BCUT2D eigenvalue weighted by Gasteiger charge is -2.34. The molecule has 2 aliphatic heterocycles. The Hall–Kier alpha value is -1.99. The lowest BCUT2D eigenvalue weighted by Crippen LogP contribution is -2.46. The Balaban J connectivity index is 1.44. The predicted molar refractivity (Wildman–Crippen MR) is 136 cm³/mol. The molecule has 2 heterocycles. The molecule has 3 fully saturated rings. The monoisotopic (exact) mass is 523 g/mol. The molecule has 2 atom stereocenters. The van der Waals surface area contributed by atoms with E-state index in [1.807, 2.05) is 43.6 Å². The van der Waals surface area contributed by atoms with E-state index >= 15 is 0 Å². The van der Waals surface area contributed by atoms with Crippen molar-refractivity contribution in [3.8, 4) is 0 Å². The van der Waals surface area contributed by atoms with Gasteiger partial charge >= 0.3 is 6.09 Å². The van der Waals surface area contributed by atoms with Crippen LogP contribution in [0.3, 0.4) is 0 Å². The summed E-state index contributed by atoms with van der Waals surface area (Å²) in [5.41, 5.74) is 0.105. The second-order valence-corrected chi connectivity index (χ2v) is 12.2. The van der Waals surface area contributed by atoms with Gasteiger partial charge in [-0.1, -0.05) is 36.2 Å². The first-order valence-electron chi connectivity index (χ1n) is 12.4. The van der Waals surface area contributed by atoms with Crippen LogP contribution in [0.25, 0.3) is 0 Å². The standard InChI is InChI=1S/C26H35Cl2N3O4/c1-25(2,3)35-24(34)29-21-15-31(14-18(21)17-5-6-19(27)20(28)13-17)22(32)16-7-11-30(12-8-16)23(33)26(4)9-10-26/h5-6,13,16,18,21H,7-12,14-15H2,1-4H3,(H,29,34)/t18-,21+/m0/s1. The highest BCUT2D eigenvalue weighted by Crippen LogP contribution is 2.47. The molecule has 0 bridgehead atoms. The van der Waals surface area contributed by atoms with Crippen molar-refractivity contribution in [2.75, 3.05) is 26.2 Å². The molecule has 1 saturated carbocycles. The Morgan fingerprint density at radius 2 is 1.69 bits per heavy atom. The van der Waals surface area contributed by atoms with Gasteiger partial charge in [0.05, 0.1) is 16.1 Å². The molecule has 0 aromatic heterocycles. The van der Waals surface area contributed by atoms with Crippen molar-refractivity contribution in [3.05, 3.63) is 33.8 Å². The number of nitrogens with zero attached hydrogens (tertiary/aromatic N) is 2. The van der Waals surface area contributed by atoms with E-state index in [0.29, 0.717) is 49.1 Å². The number of ether oxygens (including phenoxy) is 1. The lowest BCUT2D eigenvalue weighted by atomic mass is 9.93. The summed E-state index contributed by atoms with van der Waals surface area (Å²) in [7, 11) is 0. The molecule has 1 aliphatic carbocycles. The number of nitrogens with one attached hydrogen (secondary N) is 1. The van der Waals surface area contributed by atoms with E-state index in [0.717, 1.165) is 18.4 Å². The van der Waals surface area contributed by atoms with Crippen LogP contribution in [0, 0.1) is 11.3 Å². The maximum atomic E-state index is 13.5. The number of hydrogen-bond donors (Lipinski definition) is 1. The van der Waals surface area contributed by atoms with Crippen LogP contribution in [-0.4, -0.2) is 65.5 Å². The maximum absolute atomic E-state index is 13.5. The Labute approximate surface area is 217 Å². The quantitative estimate of drug-likeness (QED) is 0.611. The molecule has 4 rings (SSSR count). The van der Waals surface area contributed by atoms with E-state index in [1.54, 1.807) is 12.1 Å². The Morgan fingerprint density at radius 3 is 2.26 bits per heavy atom. The largest absolute Gasteiger partial charge is 0.444 e. The zero-order valence-electron chi connectivity index (χ0n) is 20.9. The normalized spacial score (nSPS) is 24.3. The van der Waals surface area contributed by atoms with E-state index in [9.17, 15) is 14.4 Å². The highest BCUT2D eigenvalue weighted by Gasteiger charge is 2.48. The third-order valence-corrected chi connectivity index (χ3v) is 8.09. The molecule has 0 spiro atoms. The second kappa shape index (κ2) is 9.81. The van der Waals surface area contributed by atoms with Crippen LogP contribution in [0.5, 0.6) is 0 Å². The predicted octanol–water partition coefficient (Wildman–Crippen LogP) is 4.85. The van der Waals surface area contributed by atoms with Crippen LogP contribution in [0.4, 0.5) is 4.79 Å². The number of rotatable bonds is 4. The summed E-state index contributed by atoms with van der Waals surface area (Å²) in [6.07, 6.45) is 2.74. The SMILES string of the molecule is CC(C)(C)OC(=O)N[C@@H]1CN(C(=O)C2CCN(C(=O)C3(C)CC3)CC2)C[C@H]1c1ccc(Cl)c(Cl)c1. The third kappa shape index (κ3) is 6.05. The average molecular weight is 524 g/mol. The van der Waals surface area contributed by atoms with Gasteiger partial charge in [-0.05, 0) is 64.2 Å². The molecule has 9 heteroatoms. The Bertz CT molecular complexity index is 997. The van der Waals surface area contributed by atoms with E-state index in [1.165, 1.54) is 0 Å². The molecule has 1 N–H and O–H groups in total. The van der Waals surface area contributed by atoms with E-state index in [2.05, 4.69) is 5.32 Å². The third-order valence-electron chi connectivity index (χ3n) is 7.35. The van der Waals surface area contributed by atoms with Crippen molar-refractivity contribution in [2.45, 2.75) is 70.9 Å². The molecule has 7 nitrogen and oxygen atoms in total. The Kier molecular flexibility index (Phi) is 7.31. The highest BCUT2D eigenvalue weighted by atomic mass is 35.5. The molecule has 3 aliphatic rings. The van der Waals surface area contributed by atoms with Crippen LogP contribution >= 0.6 is 23.2 Å². The van der Waals surface area contributed by atoms with Gasteiger partial charge in [-0.25, -0.2) is 4.79 Å². The van der Waals surface area contributed by atoms with Crippen LogP contribution in [0.1, 0.15) is 64.9 Å². The number of alkyl carbamates (subject to hydrolysis) is 1. The van der Waals surface area contributed by atoms with Crippen molar-refractivity contribution in [1.29, 1.82) is 0 Å². The molecule has 35 heavy (non-hydrogen) atoms. The first kappa shape index (κ1) is 26.1. The maximum Gasteiger partial charge on any atom is 0.407 e. The van der Waals surface area contributed by atoms with Gasteiger partial charge in [0.2, 0.25) is 11.8 Å². The number of hydrogen-bond acceptors (Lipinski definition) is 4. The van der Waals surface area contributed by atoms with Crippen LogP contribution in [0.2, 0.25) is 10.0 Å². The summed E-state index contributed by atoms with van der Waals surface area (Å²) in [6, 6.07) is 5.11. The minimum atomic E-state index is -0.625. The second-order valence-electron chi connectivity index (χ2n) is 11.4. The molecule has 1 aromatic rings. The summed E-state index contributed by atoms with van der Waals surface area (Å²) < 4.78 is 5.47. The van der Waals surface area contributed by atoms with Crippen LogP contribution in [-0.2, 0) is 14.3 Å².